The van der Waals surface area contributed by atoms with Crippen LogP contribution in [0.1, 0.15) is 29.2 Å². The standard InChI is InChI=1S/C12H17NO2/c1-8-4-5-9(2)10(6-8)11(13)7-12(14)15-3/h4-6,11H,7,13H2,1-3H3. The summed E-state index contributed by atoms with van der Waals surface area (Å²) in [5.41, 5.74) is 9.21. The SMILES string of the molecule is COC(=O)CC(N)c1cc(C)ccc1C. The minimum absolute atomic E-state index is 0.223. The van der Waals surface area contributed by atoms with E-state index in [-0.39, 0.29) is 18.4 Å². The summed E-state index contributed by atoms with van der Waals surface area (Å²) in [6.07, 6.45) is 0.223. The van der Waals surface area contributed by atoms with Gasteiger partial charge < -0.3 is 10.5 Å². The number of aryl methyl sites for hydroxylation is 2. The molecule has 2 N–H and O–H groups in total. The predicted octanol–water partition coefficient (Wildman–Crippen LogP) is 1.87. The summed E-state index contributed by atoms with van der Waals surface area (Å²) in [7, 11) is 1.37. The third-order valence-corrected chi connectivity index (χ3v) is 2.45. The molecule has 0 aliphatic rings. The summed E-state index contributed by atoms with van der Waals surface area (Å²) in [6.45, 7) is 4.00. The average Bonchev–Trinajstić information content (AvgIpc) is 2.21. The second-order valence-corrected chi connectivity index (χ2v) is 3.75. The minimum Gasteiger partial charge on any atom is -0.469 e. The Bertz CT molecular complexity index is 361. The van der Waals surface area contributed by atoms with Crippen LogP contribution in [-0.4, -0.2) is 13.1 Å². The monoisotopic (exact) mass is 207 g/mol. The number of hydrogen-bond donors (Lipinski definition) is 1. The van der Waals surface area contributed by atoms with Crippen molar-refractivity contribution in [1.82, 2.24) is 0 Å². The fourth-order valence-electron chi connectivity index (χ4n) is 1.53. The van der Waals surface area contributed by atoms with Gasteiger partial charge in [0.25, 0.3) is 0 Å². The lowest BCUT2D eigenvalue weighted by Gasteiger charge is -2.14. The van der Waals surface area contributed by atoms with Crippen molar-refractivity contribution in [2.24, 2.45) is 5.73 Å². The number of carbonyl (C=O) groups is 1. The summed E-state index contributed by atoms with van der Waals surface area (Å²) < 4.78 is 4.59. The molecule has 0 spiro atoms. The highest BCUT2D eigenvalue weighted by Crippen LogP contribution is 2.20. The van der Waals surface area contributed by atoms with Crippen molar-refractivity contribution < 1.29 is 9.53 Å². The smallest absolute Gasteiger partial charge is 0.307 e. The number of nitrogens with two attached hydrogens (primary N) is 1. The van der Waals surface area contributed by atoms with Gasteiger partial charge in [-0.05, 0) is 25.0 Å². The lowest BCUT2D eigenvalue weighted by atomic mass is 9.97. The molecular formula is C12H17NO2. The first-order chi connectivity index (χ1) is 7.04. The van der Waals surface area contributed by atoms with E-state index in [9.17, 15) is 4.79 Å². The van der Waals surface area contributed by atoms with E-state index < -0.39 is 0 Å². The Morgan fingerprint density at radius 1 is 1.47 bits per heavy atom. The van der Waals surface area contributed by atoms with Crippen LogP contribution in [0.2, 0.25) is 0 Å². The summed E-state index contributed by atoms with van der Waals surface area (Å²) in [5, 5.41) is 0. The highest BCUT2D eigenvalue weighted by atomic mass is 16.5. The second-order valence-electron chi connectivity index (χ2n) is 3.75. The van der Waals surface area contributed by atoms with Gasteiger partial charge in [0, 0.05) is 6.04 Å². The van der Waals surface area contributed by atoms with E-state index in [4.69, 9.17) is 5.73 Å². The van der Waals surface area contributed by atoms with Gasteiger partial charge in [-0.3, -0.25) is 4.79 Å². The van der Waals surface area contributed by atoms with Crippen LogP contribution in [0.25, 0.3) is 0 Å². The molecule has 0 aliphatic heterocycles. The molecule has 15 heavy (non-hydrogen) atoms. The van der Waals surface area contributed by atoms with Gasteiger partial charge in [-0.25, -0.2) is 0 Å². The molecule has 3 nitrogen and oxygen atoms in total. The van der Waals surface area contributed by atoms with Crippen LogP contribution in [0.4, 0.5) is 0 Å². The fourth-order valence-corrected chi connectivity index (χ4v) is 1.53. The van der Waals surface area contributed by atoms with Gasteiger partial charge >= 0.3 is 5.97 Å². The molecule has 0 bridgehead atoms. The van der Waals surface area contributed by atoms with E-state index in [2.05, 4.69) is 4.74 Å². The molecule has 0 aliphatic carbocycles. The second kappa shape index (κ2) is 4.94. The van der Waals surface area contributed by atoms with Crippen LogP contribution in [0.3, 0.4) is 0 Å². The predicted molar refractivity (Wildman–Crippen MR) is 59.5 cm³/mol. The Balaban J connectivity index is 2.85. The van der Waals surface area contributed by atoms with Gasteiger partial charge in [-0.2, -0.15) is 0 Å². The highest BCUT2D eigenvalue weighted by molar-refractivity contribution is 5.70. The Kier molecular flexibility index (Phi) is 3.86. The maximum Gasteiger partial charge on any atom is 0.307 e. The van der Waals surface area contributed by atoms with E-state index in [0.717, 1.165) is 16.7 Å². The van der Waals surface area contributed by atoms with Crippen molar-refractivity contribution in [3.63, 3.8) is 0 Å². The van der Waals surface area contributed by atoms with Crippen molar-refractivity contribution in [2.75, 3.05) is 7.11 Å². The van der Waals surface area contributed by atoms with Gasteiger partial charge in [0.05, 0.1) is 13.5 Å². The van der Waals surface area contributed by atoms with Crippen molar-refractivity contribution in [1.29, 1.82) is 0 Å². The molecule has 1 rings (SSSR count). The Labute approximate surface area is 90.2 Å². The molecular weight excluding hydrogens is 190 g/mol. The third-order valence-electron chi connectivity index (χ3n) is 2.45. The van der Waals surface area contributed by atoms with Gasteiger partial charge in [0.2, 0.25) is 0 Å². The number of hydrogen-bond acceptors (Lipinski definition) is 3. The van der Waals surface area contributed by atoms with E-state index >= 15 is 0 Å². The van der Waals surface area contributed by atoms with Crippen LogP contribution in [-0.2, 0) is 9.53 Å². The van der Waals surface area contributed by atoms with E-state index in [1.165, 1.54) is 7.11 Å². The average molecular weight is 207 g/mol. The molecule has 0 radical (unpaired) electrons. The van der Waals surface area contributed by atoms with Crippen LogP contribution >= 0.6 is 0 Å². The maximum atomic E-state index is 11.1. The summed E-state index contributed by atoms with van der Waals surface area (Å²) in [6, 6.07) is 5.78. The zero-order valence-corrected chi connectivity index (χ0v) is 9.41. The Morgan fingerprint density at radius 2 is 2.13 bits per heavy atom. The van der Waals surface area contributed by atoms with Gasteiger partial charge in [0.15, 0.2) is 0 Å². The first-order valence-corrected chi connectivity index (χ1v) is 4.94. The van der Waals surface area contributed by atoms with Crippen LogP contribution < -0.4 is 5.73 Å². The largest absolute Gasteiger partial charge is 0.469 e. The van der Waals surface area contributed by atoms with Crippen LogP contribution in [0.15, 0.2) is 18.2 Å². The molecule has 0 heterocycles. The zero-order chi connectivity index (χ0) is 11.4. The molecule has 0 amide bonds. The van der Waals surface area contributed by atoms with Gasteiger partial charge in [-0.15, -0.1) is 0 Å². The van der Waals surface area contributed by atoms with Crippen LogP contribution in [0, 0.1) is 13.8 Å². The summed E-state index contributed by atoms with van der Waals surface area (Å²) >= 11 is 0. The molecule has 1 unspecified atom stereocenters. The molecule has 0 fully saturated rings. The van der Waals surface area contributed by atoms with Crippen molar-refractivity contribution in [2.45, 2.75) is 26.3 Å². The molecule has 0 saturated heterocycles. The number of esters is 1. The topological polar surface area (TPSA) is 52.3 Å². The Hall–Kier alpha value is -1.35. The number of methoxy groups -OCH3 is 1. The fraction of sp³-hybridized carbons (Fsp3) is 0.417. The minimum atomic E-state index is -0.280. The number of carbonyl (C=O) groups excluding carboxylic acids is 1. The van der Waals surface area contributed by atoms with Crippen LogP contribution in [0.5, 0.6) is 0 Å². The molecule has 82 valence electrons. The van der Waals surface area contributed by atoms with Crippen molar-refractivity contribution in [3.05, 3.63) is 34.9 Å². The normalized spacial score (nSPS) is 12.3. The van der Waals surface area contributed by atoms with Crippen molar-refractivity contribution >= 4 is 5.97 Å². The maximum absolute atomic E-state index is 11.1. The lowest BCUT2D eigenvalue weighted by molar-refractivity contribution is -0.141. The number of benzene rings is 1. The number of rotatable bonds is 3. The lowest BCUT2D eigenvalue weighted by Crippen LogP contribution is -2.17. The molecule has 0 saturated carbocycles. The van der Waals surface area contributed by atoms with E-state index in [0.29, 0.717) is 0 Å². The first kappa shape index (κ1) is 11.7. The zero-order valence-electron chi connectivity index (χ0n) is 9.41. The first-order valence-electron chi connectivity index (χ1n) is 4.94. The number of ether oxygens (including phenoxy) is 1. The van der Waals surface area contributed by atoms with Crippen molar-refractivity contribution in [3.8, 4) is 0 Å². The van der Waals surface area contributed by atoms with Gasteiger partial charge in [0.1, 0.15) is 0 Å². The quantitative estimate of drug-likeness (QED) is 0.770. The third kappa shape index (κ3) is 3.06. The molecule has 1 aromatic carbocycles. The summed E-state index contributed by atoms with van der Waals surface area (Å²) in [4.78, 5) is 11.1. The molecule has 1 aromatic rings. The highest BCUT2D eigenvalue weighted by Gasteiger charge is 2.13. The summed E-state index contributed by atoms with van der Waals surface area (Å²) in [5.74, 6) is -0.275. The van der Waals surface area contributed by atoms with Gasteiger partial charge in [-0.1, -0.05) is 23.8 Å². The van der Waals surface area contributed by atoms with E-state index in [1.807, 2.05) is 32.0 Å². The Morgan fingerprint density at radius 3 is 2.73 bits per heavy atom. The molecule has 1 atom stereocenters. The van der Waals surface area contributed by atoms with E-state index in [1.54, 1.807) is 0 Å². The molecule has 0 aromatic heterocycles. The molecule has 3 heteroatoms.